The molecule has 0 unspecified atom stereocenters. The molecule has 20 heavy (non-hydrogen) atoms. The second kappa shape index (κ2) is 5.90. The summed E-state index contributed by atoms with van der Waals surface area (Å²) in [6, 6.07) is 4.66. The quantitative estimate of drug-likeness (QED) is 0.873. The highest BCUT2D eigenvalue weighted by molar-refractivity contribution is 7.89. The number of rotatable bonds is 3. The van der Waals surface area contributed by atoms with E-state index < -0.39 is 10.0 Å². The first kappa shape index (κ1) is 15.0. The Morgan fingerprint density at radius 1 is 1.35 bits per heavy atom. The molecule has 1 amide bonds. The Balaban J connectivity index is 2.35. The Morgan fingerprint density at radius 2 is 2.00 bits per heavy atom. The van der Waals surface area contributed by atoms with Crippen molar-refractivity contribution in [3.05, 3.63) is 29.3 Å². The molecule has 0 radical (unpaired) electrons. The maximum absolute atomic E-state index is 12.3. The van der Waals surface area contributed by atoms with Gasteiger partial charge in [-0.15, -0.1) is 0 Å². The van der Waals surface area contributed by atoms with E-state index in [-0.39, 0.29) is 10.8 Å². The van der Waals surface area contributed by atoms with E-state index in [0.29, 0.717) is 43.9 Å². The summed E-state index contributed by atoms with van der Waals surface area (Å²) in [4.78, 5) is 14.0. The molecule has 1 aliphatic heterocycles. The third-order valence-electron chi connectivity index (χ3n) is 3.30. The van der Waals surface area contributed by atoms with Crippen LogP contribution in [0.1, 0.15) is 22.8 Å². The SMILES string of the molecule is CCc1ccc(C(=O)N2CCOCC2)cc1S(N)(=O)=O. The number of nitrogens with two attached hydrogens (primary N) is 1. The number of sulfonamides is 1. The summed E-state index contributed by atoms with van der Waals surface area (Å²) >= 11 is 0. The van der Waals surface area contributed by atoms with Gasteiger partial charge in [-0.05, 0) is 24.1 Å². The fraction of sp³-hybridized carbons (Fsp3) is 0.462. The summed E-state index contributed by atoms with van der Waals surface area (Å²) in [5.74, 6) is -0.194. The van der Waals surface area contributed by atoms with Crippen molar-refractivity contribution in [3.8, 4) is 0 Å². The molecular formula is C13H18N2O4S. The number of ether oxygens (including phenoxy) is 1. The second-order valence-corrected chi connectivity index (χ2v) is 6.16. The highest BCUT2D eigenvalue weighted by Gasteiger charge is 2.21. The van der Waals surface area contributed by atoms with Gasteiger partial charge in [0.2, 0.25) is 10.0 Å². The largest absolute Gasteiger partial charge is 0.378 e. The molecule has 2 rings (SSSR count). The van der Waals surface area contributed by atoms with Crippen LogP contribution in [0.2, 0.25) is 0 Å². The number of hydrogen-bond acceptors (Lipinski definition) is 4. The molecular weight excluding hydrogens is 280 g/mol. The van der Waals surface area contributed by atoms with Crippen LogP contribution in [0.4, 0.5) is 0 Å². The predicted octanol–water partition coefficient (Wildman–Crippen LogP) is 0.369. The Labute approximate surface area is 118 Å². The molecule has 0 bridgehead atoms. The van der Waals surface area contributed by atoms with Gasteiger partial charge >= 0.3 is 0 Å². The zero-order valence-corrected chi connectivity index (χ0v) is 12.1. The van der Waals surface area contributed by atoms with Crippen LogP contribution in [-0.2, 0) is 21.2 Å². The fourth-order valence-corrected chi connectivity index (χ4v) is 3.06. The topological polar surface area (TPSA) is 89.7 Å². The van der Waals surface area contributed by atoms with Gasteiger partial charge in [-0.25, -0.2) is 13.6 Å². The summed E-state index contributed by atoms with van der Waals surface area (Å²) in [7, 11) is -3.83. The maximum atomic E-state index is 12.3. The summed E-state index contributed by atoms with van der Waals surface area (Å²) in [5.41, 5.74) is 0.958. The zero-order chi connectivity index (χ0) is 14.8. The van der Waals surface area contributed by atoms with Gasteiger partial charge in [0.1, 0.15) is 0 Å². The lowest BCUT2D eigenvalue weighted by Crippen LogP contribution is -2.40. The van der Waals surface area contributed by atoms with Crippen LogP contribution in [0.15, 0.2) is 23.1 Å². The third kappa shape index (κ3) is 3.17. The standard InChI is InChI=1S/C13H18N2O4S/c1-2-10-3-4-11(9-12(10)20(14,17)18)13(16)15-5-7-19-8-6-15/h3-4,9H,2,5-8H2,1H3,(H2,14,17,18). The van der Waals surface area contributed by atoms with E-state index in [0.717, 1.165) is 0 Å². The van der Waals surface area contributed by atoms with Crippen LogP contribution in [0, 0.1) is 0 Å². The molecule has 0 aromatic heterocycles. The summed E-state index contributed by atoms with van der Waals surface area (Å²) in [5, 5.41) is 5.21. The summed E-state index contributed by atoms with van der Waals surface area (Å²) in [6.45, 7) is 3.87. The van der Waals surface area contributed by atoms with Crippen LogP contribution < -0.4 is 5.14 Å². The predicted molar refractivity (Wildman–Crippen MR) is 73.9 cm³/mol. The van der Waals surface area contributed by atoms with Crippen LogP contribution in [0.25, 0.3) is 0 Å². The van der Waals surface area contributed by atoms with Crippen molar-refractivity contribution in [3.63, 3.8) is 0 Å². The Hall–Kier alpha value is -1.44. The zero-order valence-electron chi connectivity index (χ0n) is 11.3. The minimum absolute atomic E-state index is 0.0270. The van der Waals surface area contributed by atoms with E-state index in [1.165, 1.54) is 6.07 Å². The highest BCUT2D eigenvalue weighted by atomic mass is 32.2. The van der Waals surface area contributed by atoms with Crippen LogP contribution >= 0.6 is 0 Å². The molecule has 1 saturated heterocycles. The molecule has 0 spiro atoms. The normalized spacial score (nSPS) is 16.2. The van der Waals surface area contributed by atoms with Gasteiger partial charge in [0.25, 0.3) is 5.91 Å². The van der Waals surface area contributed by atoms with Gasteiger partial charge in [0, 0.05) is 18.7 Å². The van der Waals surface area contributed by atoms with Crippen molar-refractivity contribution in [1.29, 1.82) is 0 Å². The van der Waals surface area contributed by atoms with Gasteiger partial charge in [0.15, 0.2) is 0 Å². The highest BCUT2D eigenvalue weighted by Crippen LogP contribution is 2.18. The number of amides is 1. The van der Waals surface area contributed by atoms with Crippen LogP contribution in [0.3, 0.4) is 0 Å². The summed E-state index contributed by atoms with van der Waals surface area (Å²) < 4.78 is 28.4. The van der Waals surface area contributed by atoms with Crippen LogP contribution in [-0.4, -0.2) is 45.5 Å². The molecule has 1 aromatic carbocycles. The number of nitrogens with zero attached hydrogens (tertiary/aromatic N) is 1. The molecule has 0 saturated carbocycles. The van der Waals surface area contributed by atoms with Gasteiger partial charge < -0.3 is 9.64 Å². The van der Waals surface area contributed by atoms with Crippen molar-refractivity contribution in [1.82, 2.24) is 4.90 Å². The monoisotopic (exact) mass is 298 g/mol. The molecule has 2 N–H and O–H groups in total. The van der Waals surface area contributed by atoms with Crippen molar-refractivity contribution < 1.29 is 17.9 Å². The first-order chi connectivity index (χ1) is 9.43. The third-order valence-corrected chi connectivity index (χ3v) is 4.29. The number of carbonyl (C=O) groups is 1. The molecule has 110 valence electrons. The second-order valence-electron chi connectivity index (χ2n) is 4.63. The number of hydrogen-bond donors (Lipinski definition) is 1. The molecule has 7 heteroatoms. The first-order valence-corrected chi connectivity index (χ1v) is 8.01. The fourth-order valence-electron chi connectivity index (χ4n) is 2.19. The van der Waals surface area contributed by atoms with Gasteiger partial charge in [0.05, 0.1) is 18.1 Å². The Morgan fingerprint density at radius 3 is 2.55 bits per heavy atom. The van der Waals surface area contributed by atoms with Gasteiger partial charge in [-0.2, -0.15) is 0 Å². The lowest BCUT2D eigenvalue weighted by atomic mass is 10.1. The average molecular weight is 298 g/mol. The van der Waals surface area contributed by atoms with Crippen LogP contribution in [0.5, 0.6) is 0 Å². The number of carbonyl (C=O) groups excluding carboxylic acids is 1. The molecule has 1 fully saturated rings. The molecule has 0 aliphatic carbocycles. The van der Waals surface area contributed by atoms with Crippen molar-refractivity contribution in [2.24, 2.45) is 5.14 Å². The summed E-state index contributed by atoms with van der Waals surface area (Å²) in [6.07, 6.45) is 0.539. The maximum Gasteiger partial charge on any atom is 0.254 e. The lowest BCUT2D eigenvalue weighted by molar-refractivity contribution is 0.0302. The van der Waals surface area contributed by atoms with E-state index in [2.05, 4.69) is 0 Å². The number of primary sulfonamides is 1. The van der Waals surface area contributed by atoms with Gasteiger partial charge in [-0.1, -0.05) is 13.0 Å². The lowest BCUT2D eigenvalue weighted by Gasteiger charge is -2.27. The molecule has 1 aliphatic rings. The van der Waals surface area contributed by atoms with E-state index in [1.54, 1.807) is 17.0 Å². The Kier molecular flexibility index (Phi) is 4.42. The smallest absolute Gasteiger partial charge is 0.254 e. The molecule has 1 heterocycles. The van der Waals surface area contributed by atoms with E-state index in [1.807, 2.05) is 6.92 Å². The van der Waals surface area contributed by atoms with Crippen molar-refractivity contribution >= 4 is 15.9 Å². The Bertz CT molecular complexity index is 607. The van der Waals surface area contributed by atoms with Crippen molar-refractivity contribution in [2.45, 2.75) is 18.2 Å². The van der Waals surface area contributed by atoms with E-state index in [4.69, 9.17) is 9.88 Å². The molecule has 0 atom stereocenters. The molecule has 1 aromatic rings. The minimum Gasteiger partial charge on any atom is -0.378 e. The van der Waals surface area contributed by atoms with Gasteiger partial charge in [-0.3, -0.25) is 4.79 Å². The van der Waals surface area contributed by atoms with E-state index >= 15 is 0 Å². The molecule has 6 nitrogen and oxygen atoms in total. The average Bonchev–Trinajstić information content (AvgIpc) is 2.46. The van der Waals surface area contributed by atoms with E-state index in [9.17, 15) is 13.2 Å². The number of aryl methyl sites for hydroxylation is 1. The number of benzene rings is 1. The number of morpholine rings is 1. The minimum atomic E-state index is -3.83. The van der Waals surface area contributed by atoms with Crippen molar-refractivity contribution in [2.75, 3.05) is 26.3 Å². The first-order valence-electron chi connectivity index (χ1n) is 6.46.